The number of ketones is 2. The van der Waals surface area contributed by atoms with Gasteiger partial charge >= 0.3 is 5.97 Å². The molecule has 2 N–H and O–H groups in total. The zero-order chi connectivity index (χ0) is 18.1. The summed E-state index contributed by atoms with van der Waals surface area (Å²) in [5.41, 5.74) is -1.85. The Bertz CT molecular complexity index is 414. The zero-order valence-corrected chi connectivity index (χ0v) is 14.9. The maximum absolute atomic E-state index is 12.3. The lowest BCUT2D eigenvalue weighted by Crippen LogP contribution is -2.54. The lowest BCUT2D eigenvalue weighted by atomic mass is 9.89. The summed E-state index contributed by atoms with van der Waals surface area (Å²) < 4.78 is 0.297. The number of carbonyl (C=O) groups excluding carboxylic acids is 2. The van der Waals surface area contributed by atoms with Gasteiger partial charge in [-0.3, -0.25) is 14.4 Å². The Hall–Kier alpha value is -1.27. The van der Waals surface area contributed by atoms with E-state index >= 15 is 0 Å². The molecular weight excluding hydrogens is 298 g/mol. The summed E-state index contributed by atoms with van der Waals surface area (Å²) in [4.78, 5) is 34.8. The Labute approximate surface area is 139 Å². The molecule has 0 heterocycles. The molecule has 0 rings (SSSR count). The second kappa shape index (κ2) is 9.78. The van der Waals surface area contributed by atoms with Crippen LogP contribution in [0, 0.1) is 0 Å². The second-order valence-corrected chi connectivity index (χ2v) is 7.32. The first-order valence-corrected chi connectivity index (χ1v) is 8.30. The summed E-state index contributed by atoms with van der Waals surface area (Å²) >= 11 is 0. The molecule has 0 aliphatic carbocycles. The molecule has 0 saturated heterocycles. The quantitative estimate of drug-likeness (QED) is 0.397. The monoisotopic (exact) mass is 330 g/mol. The van der Waals surface area contributed by atoms with E-state index in [-0.39, 0.29) is 18.7 Å². The summed E-state index contributed by atoms with van der Waals surface area (Å²) in [7, 11) is 5.39. The highest BCUT2D eigenvalue weighted by molar-refractivity contribution is 5.91. The van der Waals surface area contributed by atoms with E-state index in [0.29, 0.717) is 30.2 Å². The number of carboxylic acids is 1. The van der Waals surface area contributed by atoms with E-state index in [2.05, 4.69) is 0 Å². The van der Waals surface area contributed by atoms with Crippen molar-refractivity contribution in [1.82, 2.24) is 0 Å². The Morgan fingerprint density at radius 3 is 1.96 bits per heavy atom. The third kappa shape index (κ3) is 10.2. The van der Waals surface area contributed by atoms with Crippen molar-refractivity contribution in [2.24, 2.45) is 0 Å². The van der Waals surface area contributed by atoms with Gasteiger partial charge < -0.3 is 14.7 Å². The van der Waals surface area contributed by atoms with Crippen LogP contribution in [0.3, 0.4) is 0 Å². The molecule has 0 bridgehead atoms. The number of unbranched alkanes of at least 4 members (excludes halogenated alkanes) is 2. The topological polar surface area (TPSA) is 91.7 Å². The van der Waals surface area contributed by atoms with Gasteiger partial charge in [-0.1, -0.05) is 13.3 Å². The molecule has 1 unspecified atom stereocenters. The van der Waals surface area contributed by atoms with Crippen molar-refractivity contribution in [3.8, 4) is 0 Å². The molecule has 6 nitrogen and oxygen atoms in total. The molecule has 0 radical (unpaired) electrons. The molecular formula is C17H32NO5+. The van der Waals surface area contributed by atoms with E-state index < -0.39 is 23.8 Å². The van der Waals surface area contributed by atoms with E-state index in [9.17, 15) is 19.5 Å². The molecule has 134 valence electrons. The predicted molar refractivity (Wildman–Crippen MR) is 88.1 cm³/mol. The fourth-order valence-electron chi connectivity index (χ4n) is 2.62. The van der Waals surface area contributed by atoms with Crippen molar-refractivity contribution in [2.45, 2.75) is 63.9 Å². The number of hydrogen-bond donors (Lipinski definition) is 2. The minimum atomic E-state index is -1.85. The van der Waals surface area contributed by atoms with Gasteiger partial charge in [-0.05, 0) is 19.3 Å². The Morgan fingerprint density at radius 2 is 1.48 bits per heavy atom. The number of nitrogens with zero attached hydrogens (tertiary/aromatic N) is 1. The van der Waals surface area contributed by atoms with Gasteiger partial charge in [0.05, 0.1) is 27.6 Å². The Kier molecular flexibility index (Phi) is 9.24. The molecule has 0 saturated carbocycles. The number of hydrogen-bond acceptors (Lipinski definition) is 4. The lowest BCUT2D eigenvalue weighted by molar-refractivity contribution is -0.875. The normalized spacial score (nSPS) is 14.3. The van der Waals surface area contributed by atoms with Crippen LogP contribution in [0.25, 0.3) is 0 Å². The molecule has 0 aromatic heterocycles. The van der Waals surface area contributed by atoms with Crippen LogP contribution in [0.15, 0.2) is 0 Å². The number of carbonyl (C=O) groups is 3. The van der Waals surface area contributed by atoms with Crippen LogP contribution in [-0.4, -0.2) is 65.5 Å². The van der Waals surface area contributed by atoms with Crippen LogP contribution in [0.1, 0.15) is 58.3 Å². The minimum absolute atomic E-state index is 0.0492. The fraction of sp³-hybridized carbons (Fsp3) is 0.824. The molecule has 0 aromatic rings. The number of aliphatic hydroxyl groups is 1. The molecule has 6 heteroatoms. The second-order valence-electron chi connectivity index (χ2n) is 7.32. The molecule has 0 spiro atoms. The first-order chi connectivity index (χ1) is 10.5. The van der Waals surface area contributed by atoms with E-state index in [1.54, 1.807) is 21.1 Å². The van der Waals surface area contributed by atoms with Gasteiger partial charge in [0.1, 0.15) is 12.3 Å². The van der Waals surface area contributed by atoms with Gasteiger partial charge in [-0.2, -0.15) is 0 Å². The first kappa shape index (κ1) is 21.7. The SMILES string of the molecule is CCCCC(=O)CCCCC(=O)C(O)(CC(=O)O)C[N+](C)(C)C. The van der Waals surface area contributed by atoms with Gasteiger partial charge in [0.25, 0.3) is 0 Å². The van der Waals surface area contributed by atoms with Crippen molar-refractivity contribution in [3.05, 3.63) is 0 Å². The van der Waals surface area contributed by atoms with Gasteiger partial charge in [-0.15, -0.1) is 0 Å². The summed E-state index contributed by atoms with van der Waals surface area (Å²) in [5, 5.41) is 19.5. The van der Waals surface area contributed by atoms with Crippen LogP contribution in [0.5, 0.6) is 0 Å². The highest BCUT2D eigenvalue weighted by atomic mass is 16.4. The fourth-order valence-corrected chi connectivity index (χ4v) is 2.62. The van der Waals surface area contributed by atoms with Crippen LogP contribution in [0.2, 0.25) is 0 Å². The summed E-state index contributed by atoms with van der Waals surface area (Å²) in [6.07, 6.45) is 3.51. The maximum atomic E-state index is 12.3. The van der Waals surface area contributed by atoms with Gasteiger partial charge in [0.2, 0.25) is 0 Å². The predicted octanol–water partition coefficient (Wildman–Crippen LogP) is 1.79. The highest BCUT2D eigenvalue weighted by Crippen LogP contribution is 2.19. The largest absolute Gasteiger partial charge is 0.481 e. The summed E-state index contributed by atoms with van der Waals surface area (Å²) in [6.45, 7) is 2.08. The van der Waals surface area contributed by atoms with E-state index in [1.165, 1.54) is 0 Å². The maximum Gasteiger partial charge on any atom is 0.306 e. The van der Waals surface area contributed by atoms with Gasteiger partial charge in [-0.25, -0.2) is 0 Å². The lowest BCUT2D eigenvalue weighted by Gasteiger charge is -2.33. The minimum Gasteiger partial charge on any atom is -0.481 e. The summed E-state index contributed by atoms with van der Waals surface area (Å²) in [5.74, 6) is -1.44. The smallest absolute Gasteiger partial charge is 0.306 e. The van der Waals surface area contributed by atoms with Gasteiger partial charge in [0, 0.05) is 19.3 Å². The number of rotatable bonds is 13. The van der Waals surface area contributed by atoms with Crippen molar-refractivity contribution >= 4 is 17.5 Å². The van der Waals surface area contributed by atoms with Crippen LogP contribution in [0.4, 0.5) is 0 Å². The number of Topliss-reactive ketones (excluding diaryl/α,β-unsaturated/α-hetero) is 2. The molecule has 0 aromatic carbocycles. The number of carboxylic acid groups (broad SMARTS) is 1. The first-order valence-electron chi connectivity index (χ1n) is 8.30. The molecule has 0 aliphatic rings. The standard InChI is InChI=1S/C17H31NO5/c1-5-6-9-14(19)10-7-8-11-15(20)17(23,12-16(21)22)13-18(2,3)4/h23H,5-13H2,1-4H3/p+1. The van der Waals surface area contributed by atoms with Crippen molar-refractivity contribution < 1.29 is 29.1 Å². The van der Waals surface area contributed by atoms with Crippen LogP contribution < -0.4 is 0 Å². The molecule has 0 aliphatic heterocycles. The molecule has 1 atom stereocenters. The van der Waals surface area contributed by atoms with E-state index in [4.69, 9.17) is 5.11 Å². The third-order valence-electron chi connectivity index (χ3n) is 3.62. The van der Waals surface area contributed by atoms with Crippen LogP contribution >= 0.6 is 0 Å². The van der Waals surface area contributed by atoms with E-state index in [1.807, 2.05) is 6.92 Å². The number of likely N-dealkylation sites (N-methyl/N-ethyl adjacent to an activating group) is 1. The van der Waals surface area contributed by atoms with Crippen molar-refractivity contribution in [2.75, 3.05) is 27.7 Å². The van der Waals surface area contributed by atoms with E-state index in [0.717, 1.165) is 12.8 Å². The zero-order valence-electron chi connectivity index (χ0n) is 14.9. The summed E-state index contributed by atoms with van der Waals surface area (Å²) in [6, 6.07) is 0. The van der Waals surface area contributed by atoms with Gasteiger partial charge in [0.15, 0.2) is 11.4 Å². The van der Waals surface area contributed by atoms with Crippen LogP contribution in [-0.2, 0) is 14.4 Å². The third-order valence-corrected chi connectivity index (χ3v) is 3.62. The van der Waals surface area contributed by atoms with Crippen molar-refractivity contribution in [1.29, 1.82) is 0 Å². The average molecular weight is 330 g/mol. The highest BCUT2D eigenvalue weighted by Gasteiger charge is 2.42. The Morgan fingerprint density at radius 1 is 0.957 bits per heavy atom. The molecule has 0 fully saturated rings. The number of aliphatic carboxylic acids is 1. The molecule has 23 heavy (non-hydrogen) atoms. The Balaban J connectivity index is 4.45. The van der Waals surface area contributed by atoms with Crippen molar-refractivity contribution in [3.63, 3.8) is 0 Å². The molecule has 0 amide bonds. The number of quaternary nitrogens is 1. The average Bonchev–Trinajstić information content (AvgIpc) is 2.37.